The van der Waals surface area contributed by atoms with Gasteiger partial charge in [0, 0.05) is 12.8 Å². The van der Waals surface area contributed by atoms with E-state index in [-0.39, 0.29) is 0 Å². The van der Waals surface area contributed by atoms with Crippen LogP contribution in [-0.4, -0.2) is 5.78 Å². The summed E-state index contributed by atoms with van der Waals surface area (Å²) in [4.78, 5) is 11.5. The Morgan fingerprint density at radius 3 is 2.14 bits per heavy atom. The highest BCUT2D eigenvalue weighted by atomic mass is 16.1. The molecule has 1 nitrogen and oxygen atoms in total. The van der Waals surface area contributed by atoms with Crippen LogP contribution in [0.1, 0.15) is 72.1 Å². The maximum Gasteiger partial charge on any atom is 0.132 e. The second kappa shape index (κ2) is 9.23. The number of carbonyl (C=O) groups excluding carboxylic acids is 1. The van der Waals surface area contributed by atoms with Gasteiger partial charge in [0.15, 0.2) is 0 Å². The minimum absolute atomic E-state index is 0.477. The van der Waals surface area contributed by atoms with E-state index in [0.29, 0.717) is 5.78 Å². The van der Waals surface area contributed by atoms with E-state index in [2.05, 4.69) is 20.8 Å². The van der Waals surface area contributed by atoms with E-state index >= 15 is 0 Å². The molecule has 0 aliphatic carbocycles. The molecule has 14 heavy (non-hydrogen) atoms. The molecule has 0 heterocycles. The average molecular weight is 198 g/mol. The van der Waals surface area contributed by atoms with Crippen molar-refractivity contribution < 1.29 is 4.79 Å². The SMILES string of the molecule is CCCCCC(=O)CCC(CC)CC. The van der Waals surface area contributed by atoms with Gasteiger partial charge in [0.25, 0.3) is 0 Å². The van der Waals surface area contributed by atoms with Gasteiger partial charge in [-0.3, -0.25) is 4.79 Å². The molecule has 0 aliphatic rings. The summed E-state index contributed by atoms with van der Waals surface area (Å²) in [5, 5.41) is 0. The van der Waals surface area contributed by atoms with Crippen LogP contribution in [0.4, 0.5) is 0 Å². The summed E-state index contributed by atoms with van der Waals surface area (Å²) in [7, 11) is 0. The van der Waals surface area contributed by atoms with Crippen molar-refractivity contribution in [3.05, 3.63) is 0 Å². The lowest BCUT2D eigenvalue weighted by molar-refractivity contribution is -0.119. The van der Waals surface area contributed by atoms with Gasteiger partial charge in [0.05, 0.1) is 0 Å². The number of rotatable bonds is 9. The van der Waals surface area contributed by atoms with Crippen LogP contribution >= 0.6 is 0 Å². The molecule has 0 saturated heterocycles. The lowest BCUT2D eigenvalue weighted by Gasteiger charge is -2.10. The number of unbranched alkanes of at least 4 members (excludes halogenated alkanes) is 2. The zero-order chi connectivity index (χ0) is 10.8. The lowest BCUT2D eigenvalue weighted by atomic mass is 9.95. The normalized spacial score (nSPS) is 10.9. The third kappa shape index (κ3) is 7.11. The first kappa shape index (κ1) is 13.7. The molecule has 0 radical (unpaired) electrons. The predicted octanol–water partition coefficient (Wildman–Crippen LogP) is 4.35. The molecule has 0 saturated carbocycles. The first-order valence-electron chi connectivity index (χ1n) is 6.26. The molecule has 0 aromatic rings. The van der Waals surface area contributed by atoms with E-state index in [1.165, 1.54) is 25.7 Å². The van der Waals surface area contributed by atoms with Crippen LogP contribution in [0.3, 0.4) is 0 Å². The largest absolute Gasteiger partial charge is 0.300 e. The Kier molecular flexibility index (Phi) is 9.02. The second-order valence-corrected chi connectivity index (χ2v) is 4.22. The van der Waals surface area contributed by atoms with Crippen molar-refractivity contribution in [3.8, 4) is 0 Å². The van der Waals surface area contributed by atoms with Crippen molar-refractivity contribution in [3.63, 3.8) is 0 Å². The fraction of sp³-hybridized carbons (Fsp3) is 0.923. The van der Waals surface area contributed by atoms with Gasteiger partial charge < -0.3 is 0 Å². The van der Waals surface area contributed by atoms with Gasteiger partial charge in [-0.1, -0.05) is 46.5 Å². The Hall–Kier alpha value is -0.330. The molecule has 0 rings (SSSR count). The molecule has 0 aliphatic heterocycles. The summed E-state index contributed by atoms with van der Waals surface area (Å²) >= 11 is 0. The Morgan fingerprint density at radius 1 is 1.00 bits per heavy atom. The molecular weight excluding hydrogens is 172 g/mol. The zero-order valence-electron chi connectivity index (χ0n) is 10.1. The maximum absolute atomic E-state index is 11.5. The van der Waals surface area contributed by atoms with E-state index < -0.39 is 0 Å². The predicted molar refractivity (Wildman–Crippen MR) is 62.5 cm³/mol. The Balaban J connectivity index is 3.42. The topological polar surface area (TPSA) is 17.1 Å². The van der Waals surface area contributed by atoms with Crippen LogP contribution in [0.15, 0.2) is 0 Å². The van der Waals surface area contributed by atoms with E-state index in [4.69, 9.17) is 0 Å². The first-order valence-corrected chi connectivity index (χ1v) is 6.26. The van der Waals surface area contributed by atoms with Crippen LogP contribution in [-0.2, 0) is 4.79 Å². The second-order valence-electron chi connectivity index (χ2n) is 4.22. The van der Waals surface area contributed by atoms with Crippen molar-refractivity contribution in [2.75, 3.05) is 0 Å². The highest BCUT2D eigenvalue weighted by Crippen LogP contribution is 2.16. The summed E-state index contributed by atoms with van der Waals surface area (Å²) in [5.41, 5.74) is 0. The molecule has 0 aromatic heterocycles. The smallest absolute Gasteiger partial charge is 0.132 e. The van der Waals surface area contributed by atoms with Gasteiger partial charge in [0.1, 0.15) is 5.78 Å². The molecule has 0 atom stereocenters. The fourth-order valence-corrected chi connectivity index (χ4v) is 1.76. The molecule has 0 unspecified atom stereocenters. The van der Waals surface area contributed by atoms with Crippen LogP contribution in [0.2, 0.25) is 0 Å². The van der Waals surface area contributed by atoms with Gasteiger partial charge in [-0.05, 0) is 18.8 Å². The molecule has 0 fully saturated rings. The van der Waals surface area contributed by atoms with Crippen molar-refractivity contribution in [2.24, 2.45) is 5.92 Å². The lowest BCUT2D eigenvalue weighted by Crippen LogP contribution is -2.03. The quantitative estimate of drug-likeness (QED) is 0.503. The minimum atomic E-state index is 0.477. The van der Waals surface area contributed by atoms with Crippen LogP contribution in [0.5, 0.6) is 0 Å². The van der Waals surface area contributed by atoms with E-state index in [1.54, 1.807) is 0 Å². The molecule has 0 amide bonds. The highest BCUT2D eigenvalue weighted by Gasteiger charge is 2.07. The van der Waals surface area contributed by atoms with Crippen molar-refractivity contribution >= 4 is 5.78 Å². The molecular formula is C13H26O. The zero-order valence-corrected chi connectivity index (χ0v) is 10.1. The van der Waals surface area contributed by atoms with Crippen molar-refractivity contribution in [2.45, 2.75) is 72.1 Å². The molecule has 0 aromatic carbocycles. The third-order valence-corrected chi connectivity index (χ3v) is 3.05. The van der Waals surface area contributed by atoms with Crippen LogP contribution in [0, 0.1) is 5.92 Å². The summed E-state index contributed by atoms with van der Waals surface area (Å²) < 4.78 is 0. The monoisotopic (exact) mass is 198 g/mol. The third-order valence-electron chi connectivity index (χ3n) is 3.05. The number of hydrogen-bond acceptors (Lipinski definition) is 1. The average Bonchev–Trinajstić information content (AvgIpc) is 2.20. The first-order chi connectivity index (χ1) is 6.74. The number of ketones is 1. The van der Waals surface area contributed by atoms with Gasteiger partial charge in [0.2, 0.25) is 0 Å². The van der Waals surface area contributed by atoms with Crippen LogP contribution in [0.25, 0.3) is 0 Å². The molecule has 84 valence electrons. The van der Waals surface area contributed by atoms with Gasteiger partial charge in [-0.15, -0.1) is 0 Å². The van der Waals surface area contributed by atoms with E-state index in [1.807, 2.05) is 0 Å². The molecule has 0 N–H and O–H groups in total. The van der Waals surface area contributed by atoms with Gasteiger partial charge in [-0.2, -0.15) is 0 Å². The van der Waals surface area contributed by atoms with Crippen LogP contribution < -0.4 is 0 Å². The van der Waals surface area contributed by atoms with Gasteiger partial charge in [-0.25, -0.2) is 0 Å². The highest BCUT2D eigenvalue weighted by molar-refractivity contribution is 5.78. The summed E-state index contributed by atoms with van der Waals surface area (Å²) in [6.07, 6.45) is 8.69. The number of Topliss-reactive ketones (excluding diaryl/α,β-unsaturated/α-hetero) is 1. The number of hydrogen-bond donors (Lipinski definition) is 0. The van der Waals surface area contributed by atoms with E-state index in [0.717, 1.165) is 31.6 Å². The van der Waals surface area contributed by atoms with Crippen molar-refractivity contribution in [1.29, 1.82) is 0 Å². The Bertz CT molecular complexity index is 136. The fourth-order valence-electron chi connectivity index (χ4n) is 1.76. The molecule has 0 spiro atoms. The van der Waals surface area contributed by atoms with Gasteiger partial charge >= 0.3 is 0 Å². The summed E-state index contributed by atoms with van der Waals surface area (Å²) in [6, 6.07) is 0. The molecule has 0 bridgehead atoms. The summed E-state index contributed by atoms with van der Waals surface area (Å²) in [6.45, 7) is 6.61. The standard InChI is InChI=1S/C13H26O/c1-4-7-8-9-13(14)11-10-12(5-2)6-3/h12H,4-11H2,1-3H3. The van der Waals surface area contributed by atoms with Crippen molar-refractivity contribution in [1.82, 2.24) is 0 Å². The molecule has 1 heteroatoms. The Morgan fingerprint density at radius 2 is 1.64 bits per heavy atom. The minimum Gasteiger partial charge on any atom is -0.300 e. The summed E-state index contributed by atoms with van der Waals surface area (Å²) in [5.74, 6) is 1.25. The van der Waals surface area contributed by atoms with E-state index in [9.17, 15) is 4.79 Å². The maximum atomic E-state index is 11.5. The Labute approximate surface area is 89.3 Å². The number of carbonyl (C=O) groups is 1.